The number of carbonyl (C=O) groups excluding carboxylic acids is 1. The van der Waals surface area contributed by atoms with Crippen LogP contribution in [0.1, 0.15) is 12.5 Å². The number of nitrogen functional groups attached to an aromatic ring is 1. The summed E-state index contributed by atoms with van der Waals surface area (Å²) in [6.45, 7) is 1.52. The number of fused-ring (bicyclic) bond motifs is 1. The monoisotopic (exact) mass is 257 g/mol. The van der Waals surface area contributed by atoms with Crippen molar-refractivity contribution in [2.24, 2.45) is 0 Å². The second kappa shape index (κ2) is 5.52. The molecule has 0 unspecified atom stereocenters. The van der Waals surface area contributed by atoms with Crippen molar-refractivity contribution >= 4 is 33.6 Å². The Morgan fingerprint density at radius 2 is 2.17 bits per heavy atom. The molecule has 0 aliphatic heterocycles. The van der Waals surface area contributed by atoms with Crippen LogP contribution in [0.15, 0.2) is 24.5 Å². The Balaban J connectivity index is 2.37. The highest BCUT2D eigenvalue weighted by atomic mass is 32.2. The second-order valence-corrected chi connectivity index (χ2v) is 4.69. The van der Waals surface area contributed by atoms with Gasteiger partial charge in [-0.15, -0.1) is 0 Å². The average Bonchev–Trinajstić information content (AvgIpc) is 2.36. The molecular formula is C13H11N3OS. The molecule has 0 spiro atoms. The van der Waals surface area contributed by atoms with Gasteiger partial charge in [-0.2, -0.15) is 0 Å². The summed E-state index contributed by atoms with van der Waals surface area (Å²) >= 11 is 1.17. The molecule has 0 bridgehead atoms. The summed E-state index contributed by atoms with van der Waals surface area (Å²) in [5, 5.41) is 0.0509. The van der Waals surface area contributed by atoms with Gasteiger partial charge in [-0.25, -0.2) is 0 Å². The number of nitrogens with two attached hydrogens (primary N) is 1. The van der Waals surface area contributed by atoms with Crippen LogP contribution in [0, 0.1) is 11.8 Å². The summed E-state index contributed by atoms with van der Waals surface area (Å²) in [5.74, 6) is 6.32. The van der Waals surface area contributed by atoms with E-state index in [2.05, 4.69) is 21.8 Å². The molecule has 90 valence electrons. The van der Waals surface area contributed by atoms with Gasteiger partial charge in [-0.05, 0) is 12.1 Å². The van der Waals surface area contributed by atoms with Crippen molar-refractivity contribution in [1.29, 1.82) is 0 Å². The van der Waals surface area contributed by atoms with Crippen LogP contribution in [0.3, 0.4) is 0 Å². The fourth-order valence-electron chi connectivity index (χ4n) is 1.45. The minimum Gasteiger partial charge on any atom is -0.398 e. The highest BCUT2D eigenvalue weighted by Crippen LogP contribution is 2.19. The van der Waals surface area contributed by atoms with E-state index in [9.17, 15) is 4.79 Å². The molecule has 18 heavy (non-hydrogen) atoms. The zero-order valence-corrected chi connectivity index (χ0v) is 10.6. The molecular weight excluding hydrogens is 246 g/mol. The van der Waals surface area contributed by atoms with Gasteiger partial charge in [0.05, 0.1) is 16.8 Å². The number of carbonyl (C=O) groups is 1. The third-order valence-electron chi connectivity index (χ3n) is 2.23. The largest absolute Gasteiger partial charge is 0.398 e. The maximum Gasteiger partial charge on any atom is 0.186 e. The van der Waals surface area contributed by atoms with E-state index in [-0.39, 0.29) is 5.12 Å². The minimum absolute atomic E-state index is 0.0509. The molecule has 2 aromatic rings. The molecule has 0 aliphatic carbocycles. The van der Waals surface area contributed by atoms with Crippen LogP contribution < -0.4 is 5.73 Å². The lowest BCUT2D eigenvalue weighted by Gasteiger charge is -2.01. The van der Waals surface area contributed by atoms with Crippen LogP contribution in [0.25, 0.3) is 11.0 Å². The van der Waals surface area contributed by atoms with Crippen molar-refractivity contribution < 1.29 is 4.79 Å². The van der Waals surface area contributed by atoms with Crippen molar-refractivity contribution in [3.63, 3.8) is 0 Å². The minimum atomic E-state index is 0.0509. The number of benzene rings is 1. The first-order valence-electron chi connectivity index (χ1n) is 5.30. The van der Waals surface area contributed by atoms with Crippen LogP contribution in [-0.4, -0.2) is 20.8 Å². The Hall–Kier alpha value is -2.06. The standard InChI is InChI=1S/C13H11N3OS/c1-9(17)18-8-2-3-10-11(14)4-5-12-13(10)16-7-6-15-12/h4-7H,8,14H2,1H3. The maximum atomic E-state index is 10.8. The highest BCUT2D eigenvalue weighted by Gasteiger charge is 2.04. The normalized spacial score (nSPS) is 9.83. The molecule has 2 N–H and O–H groups in total. The van der Waals surface area contributed by atoms with Gasteiger partial charge in [0.15, 0.2) is 5.12 Å². The smallest absolute Gasteiger partial charge is 0.186 e. The van der Waals surface area contributed by atoms with Crippen molar-refractivity contribution in [3.8, 4) is 11.8 Å². The first-order chi connectivity index (χ1) is 8.68. The number of rotatable bonds is 1. The summed E-state index contributed by atoms with van der Waals surface area (Å²) in [4.78, 5) is 19.2. The predicted octanol–water partition coefficient (Wildman–Crippen LogP) is 1.84. The molecule has 0 aliphatic rings. The first-order valence-corrected chi connectivity index (χ1v) is 6.28. The SMILES string of the molecule is CC(=O)SCC#Cc1c(N)ccc2nccnc12. The molecule has 1 aromatic heterocycles. The molecule has 1 aromatic carbocycles. The molecule has 0 fully saturated rings. The number of aromatic nitrogens is 2. The third kappa shape index (κ3) is 2.79. The lowest BCUT2D eigenvalue weighted by Crippen LogP contribution is -1.94. The quantitative estimate of drug-likeness (QED) is 0.623. The molecule has 0 amide bonds. The van der Waals surface area contributed by atoms with Gasteiger partial charge in [0.25, 0.3) is 0 Å². The van der Waals surface area contributed by atoms with Crippen molar-refractivity contribution in [3.05, 3.63) is 30.1 Å². The number of hydrogen-bond donors (Lipinski definition) is 1. The number of hydrogen-bond acceptors (Lipinski definition) is 5. The van der Waals surface area contributed by atoms with Gasteiger partial charge in [0, 0.05) is 25.0 Å². The zero-order valence-electron chi connectivity index (χ0n) is 9.80. The number of anilines is 1. The van der Waals surface area contributed by atoms with E-state index in [0.29, 0.717) is 22.5 Å². The van der Waals surface area contributed by atoms with Gasteiger partial charge in [0.1, 0.15) is 5.52 Å². The summed E-state index contributed by atoms with van der Waals surface area (Å²) in [7, 11) is 0. The van der Waals surface area contributed by atoms with Gasteiger partial charge in [0.2, 0.25) is 0 Å². The van der Waals surface area contributed by atoms with E-state index in [1.54, 1.807) is 18.5 Å². The fraction of sp³-hybridized carbons (Fsp3) is 0.154. The van der Waals surface area contributed by atoms with Gasteiger partial charge in [-0.3, -0.25) is 14.8 Å². The topological polar surface area (TPSA) is 68.9 Å². The molecule has 0 saturated heterocycles. The van der Waals surface area contributed by atoms with E-state index in [0.717, 1.165) is 5.52 Å². The molecule has 0 atom stereocenters. The predicted molar refractivity (Wildman–Crippen MR) is 74.0 cm³/mol. The summed E-state index contributed by atoms with van der Waals surface area (Å²) in [5.41, 5.74) is 8.58. The Morgan fingerprint density at radius 3 is 2.94 bits per heavy atom. The molecule has 5 heteroatoms. The van der Waals surface area contributed by atoms with E-state index < -0.39 is 0 Å². The summed E-state index contributed by atoms with van der Waals surface area (Å²) in [6, 6.07) is 3.58. The lowest BCUT2D eigenvalue weighted by molar-refractivity contribution is -0.109. The van der Waals surface area contributed by atoms with E-state index in [1.165, 1.54) is 18.7 Å². The van der Waals surface area contributed by atoms with Crippen molar-refractivity contribution in [2.75, 3.05) is 11.5 Å². The van der Waals surface area contributed by atoms with Gasteiger partial charge < -0.3 is 5.73 Å². The molecule has 2 rings (SSSR count). The second-order valence-electron chi connectivity index (χ2n) is 3.54. The number of nitrogens with zero attached hydrogens (tertiary/aromatic N) is 2. The molecule has 0 radical (unpaired) electrons. The fourth-order valence-corrected chi connectivity index (χ4v) is 1.79. The molecule has 0 saturated carbocycles. The maximum absolute atomic E-state index is 10.8. The molecule has 1 heterocycles. The van der Waals surface area contributed by atoms with Gasteiger partial charge >= 0.3 is 0 Å². The van der Waals surface area contributed by atoms with Crippen LogP contribution in [0.2, 0.25) is 0 Å². The summed E-state index contributed by atoms with van der Waals surface area (Å²) < 4.78 is 0. The Morgan fingerprint density at radius 1 is 1.39 bits per heavy atom. The van der Waals surface area contributed by atoms with E-state index >= 15 is 0 Å². The Labute approximate surface area is 109 Å². The molecule has 4 nitrogen and oxygen atoms in total. The third-order valence-corrected chi connectivity index (χ3v) is 2.93. The van der Waals surface area contributed by atoms with Gasteiger partial charge in [-0.1, -0.05) is 23.6 Å². The van der Waals surface area contributed by atoms with E-state index in [4.69, 9.17) is 5.73 Å². The van der Waals surface area contributed by atoms with Crippen molar-refractivity contribution in [2.45, 2.75) is 6.92 Å². The zero-order chi connectivity index (χ0) is 13.0. The number of thioether (sulfide) groups is 1. The van der Waals surface area contributed by atoms with Crippen LogP contribution in [0.5, 0.6) is 0 Å². The summed E-state index contributed by atoms with van der Waals surface area (Å²) in [6.07, 6.45) is 3.23. The van der Waals surface area contributed by atoms with Crippen molar-refractivity contribution in [1.82, 2.24) is 9.97 Å². The van der Waals surface area contributed by atoms with Crippen LogP contribution in [0.4, 0.5) is 5.69 Å². The highest BCUT2D eigenvalue weighted by molar-refractivity contribution is 8.13. The first kappa shape index (κ1) is 12.4. The Kier molecular flexibility index (Phi) is 3.80. The lowest BCUT2D eigenvalue weighted by atomic mass is 10.1. The van der Waals surface area contributed by atoms with E-state index in [1.807, 2.05) is 6.07 Å². The average molecular weight is 257 g/mol. The van der Waals surface area contributed by atoms with Crippen LogP contribution in [-0.2, 0) is 4.79 Å². The Bertz CT molecular complexity index is 658. The van der Waals surface area contributed by atoms with Crippen LogP contribution >= 0.6 is 11.8 Å².